The Kier molecular flexibility index (Phi) is 5.63. The van der Waals surface area contributed by atoms with Crippen molar-refractivity contribution in [2.24, 2.45) is 0 Å². The van der Waals surface area contributed by atoms with Crippen LogP contribution in [0.1, 0.15) is 18.2 Å². The molecule has 0 saturated carbocycles. The predicted octanol–water partition coefficient (Wildman–Crippen LogP) is 5.21. The van der Waals surface area contributed by atoms with Crippen molar-refractivity contribution in [3.05, 3.63) is 88.2 Å². The molecule has 0 aliphatic rings. The standard InChI is InChI=1S/C24H21N5OS2/c1-3-13-28-22(30)19-7-5-6-8-20(19)29-23(28)26-27-24(29)32-15-18-14-31-21(25-18)17-11-9-16(4-2)10-12-17/h3,5-12,14H,1,4,13,15H2,2H3. The SMILES string of the molecule is C=CCn1c(=O)c2ccccc2n2c(SCc3csc(-c4ccc(CC)cc4)n3)nnc12. The van der Waals surface area contributed by atoms with Crippen LogP contribution in [0.25, 0.3) is 27.3 Å². The van der Waals surface area contributed by atoms with Gasteiger partial charge in [-0.15, -0.1) is 28.1 Å². The second kappa shape index (κ2) is 8.72. The van der Waals surface area contributed by atoms with Gasteiger partial charge >= 0.3 is 0 Å². The molecule has 3 aromatic heterocycles. The number of rotatable bonds is 7. The Bertz CT molecular complexity index is 1480. The average molecular weight is 460 g/mol. The van der Waals surface area contributed by atoms with Crippen LogP contribution in [0.5, 0.6) is 0 Å². The molecule has 3 heterocycles. The summed E-state index contributed by atoms with van der Waals surface area (Å²) in [6.45, 7) is 6.31. The van der Waals surface area contributed by atoms with Crippen molar-refractivity contribution in [3.8, 4) is 10.6 Å². The Morgan fingerprint density at radius 3 is 2.72 bits per heavy atom. The van der Waals surface area contributed by atoms with Gasteiger partial charge in [0.1, 0.15) is 5.01 Å². The van der Waals surface area contributed by atoms with Crippen LogP contribution in [0.4, 0.5) is 0 Å². The monoisotopic (exact) mass is 459 g/mol. The Labute approximate surface area is 193 Å². The minimum absolute atomic E-state index is 0.0878. The van der Waals surface area contributed by atoms with Gasteiger partial charge in [-0.2, -0.15) is 0 Å². The van der Waals surface area contributed by atoms with Crippen LogP contribution < -0.4 is 5.56 Å². The number of hydrogen-bond acceptors (Lipinski definition) is 6. The topological polar surface area (TPSA) is 65.1 Å². The molecular weight excluding hydrogens is 438 g/mol. The maximum absolute atomic E-state index is 12.9. The molecule has 0 atom stereocenters. The summed E-state index contributed by atoms with van der Waals surface area (Å²) in [7, 11) is 0. The normalized spacial score (nSPS) is 11.4. The van der Waals surface area contributed by atoms with Crippen molar-refractivity contribution in [1.82, 2.24) is 24.1 Å². The Balaban J connectivity index is 1.47. The number of thiazole rings is 1. The molecule has 0 N–H and O–H groups in total. The van der Waals surface area contributed by atoms with Crippen LogP contribution in [0.3, 0.4) is 0 Å². The van der Waals surface area contributed by atoms with Crippen LogP contribution in [-0.2, 0) is 18.7 Å². The van der Waals surface area contributed by atoms with E-state index in [1.54, 1.807) is 33.7 Å². The predicted molar refractivity (Wildman–Crippen MR) is 131 cm³/mol. The summed E-state index contributed by atoms with van der Waals surface area (Å²) in [6, 6.07) is 16.1. The molecule has 5 rings (SSSR count). The number of fused-ring (bicyclic) bond motifs is 3. The maximum Gasteiger partial charge on any atom is 0.263 e. The van der Waals surface area contributed by atoms with E-state index in [0.29, 0.717) is 23.5 Å². The zero-order valence-corrected chi connectivity index (χ0v) is 19.2. The van der Waals surface area contributed by atoms with Crippen LogP contribution in [-0.4, -0.2) is 24.1 Å². The summed E-state index contributed by atoms with van der Waals surface area (Å²) in [6.07, 6.45) is 2.73. The van der Waals surface area contributed by atoms with Gasteiger partial charge in [-0.1, -0.05) is 61.2 Å². The minimum atomic E-state index is -0.0878. The number of hydrogen-bond donors (Lipinski definition) is 0. The van der Waals surface area contributed by atoms with Gasteiger partial charge in [0.05, 0.1) is 16.6 Å². The summed E-state index contributed by atoms with van der Waals surface area (Å²) in [5, 5.41) is 13.2. The van der Waals surface area contributed by atoms with Gasteiger partial charge in [0.15, 0.2) is 5.16 Å². The lowest BCUT2D eigenvalue weighted by atomic mass is 10.1. The Morgan fingerprint density at radius 2 is 1.94 bits per heavy atom. The van der Waals surface area contributed by atoms with E-state index < -0.39 is 0 Å². The first-order valence-electron chi connectivity index (χ1n) is 10.3. The number of nitrogens with zero attached hydrogens (tertiary/aromatic N) is 5. The summed E-state index contributed by atoms with van der Waals surface area (Å²) >= 11 is 3.21. The smallest absolute Gasteiger partial charge is 0.263 e. The van der Waals surface area contributed by atoms with E-state index in [1.807, 2.05) is 28.7 Å². The molecule has 6 nitrogen and oxygen atoms in total. The molecule has 0 amide bonds. The van der Waals surface area contributed by atoms with E-state index >= 15 is 0 Å². The summed E-state index contributed by atoms with van der Waals surface area (Å²) in [4.78, 5) is 17.7. The highest BCUT2D eigenvalue weighted by Gasteiger charge is 2.16. The fourth-order valence-electron chi connectivity index (χ4n) is 3.65. The van der Waals surface area contributed by atoms with Gasteiger partial charge < -0.3 is 0 Å². The molecule has 8 heteroatoms. The fourth-order valence-corrected chi connectivity index (χ4v) is 5.41. The summed E-state index contributed by atoms with van der Waals surface area (Å²) < 4.78 is 3.55. The third-order valence-electron chi connectivity index (χ3n) is 5.30. The number of para-hydroxylation sites is 1. The average Bonchev–Trinajstić information content (AvgIpc) is 3.48. The first kappa shape index (κ1) is 20.7. The summed E-state index contributed by atoms with van der Waals surface area (Å²) in [5.41, 5.74) is 4.17. The molecule has 160 valence electrons. The van der Waals surface area contributed by atoms with Gasteiger partial charge in [0.2, 0.25) is 5.78 Å². The van der Waals surface area contributed by atoms with Crippen molar-refractivity contribution in [1.29, 1.82) is 0 Å². The third kappa shape index (κ3) is 3.65. The Hall–Kier alpha value is -3.23. The van der Waals surface area contributed by atoms with Gasteiger partial charge in [0.25, 0.3) is 5.56 Å². The lowest BCUT2D eigenvalue weighted by Gasteiger charge is -2.09. The van der Waals surface area contributed by atoms with Crippen molar-refractivity contribution >= 4 is 39.8 Å². The van der Waals surface area contributed by atoms with Crippen molar-refractivity contribution in [2.75, 3.05) is 0 Å². The highest BCUT2D eigenvalue weighted by atomic mass is 32.2. The molecule has 0 bridgehead atoms. The number of allylic oxidation sites excluding steroid dienone is 1. The van der Waals surface area contributed by atoms with Crippen molar-refractivity contribution in [3.63, 3.8) is 0 Å². The van der Waals surface area contributed by atoms with Crippen molar-refractivity contribution < 1.29 is 0 Å². The molecule has 0 saturated heterocycles. The van der Waals surface area contributed by atoms with Gasteiger partial charge in [-0.05, 0) is 24.1 Å². The van der Waals surface area contributed by atoms with Crippen LogP contribution in [0.15, 0.2) is 76.5 Å². The fraction of sp³-hybridized carbons (Fsp3) is 0.167. The van der Waals surface area contributed by atoms with Gasteiger partial charge in [-0.3, -0.25) is 13.8 Å². The van der Waals surface area contributed by atoms with E-state index in [1.165, 1.54) is 5.56 Å². The van der Waals surface area contributed by atoms with E-state index in [4.69, 9.17) is 4.98 Å². The highest BCUT2D eigenvalue weighted by molar-refractivity contribution is 7.98. The first-order chi connectivity index (χ1) is 15.7. The molecule has 0 fully saturated rings. The highest BCUT2D eigenvalue weighted by Crippen LogP contribution is 2.29. The lowest BCUT2D eigenvalue weighted by Crippen LogP contribution is -2.22. The molecule has 0 spiro atoms. The minimum Gasteiger partial charge on any atom is -0.272 e. The Morgan fingerprint density at radius 1 is 1.12 bits per heavy atom. The van der Waals surface area contributed by atoms with Crippen molar-refractivity contribution in [2.45, 2.75) is 30.8 Å². The zero-order chi connectivity index (χ0) is 22.1. The van der Waals surface area contributed by atoms with E-state index in [0.717, 1.165) is 33.4 Å². The molecule has 0 aliphatic heterocycles. The molecule has 0 aliphatic carbocycles. The number of aromatic nitrogens is 5. The molecule has 5 aromatic rings. The zero-order valence-electron chi connectivity index (χ0n) is 17.6. The van der Waals surface area contributed by atoms with Crippen LogP contribution in [0, 0.1) is 0 Å². The molecular formula is C24H21N5OS2. The maximum atomic E-state index is 12.9. The van der Waals surface area contributed by atoms with E-state index in [2.05, 4.69) is 53.3 Å². The third-order valence-corrected chi connectivity index (χ3v) is 7.20. The van der Waals surface area contributed by atoms with E-state index in [-0.39, 0.29) is 5.56 Å². The molecule has 32 heavy (non-hydrogen) atoms. The first-order valence-corrected chi connectivity index (χ1v) is 12.2. The van der Waals surface area contributed by atoms with Gasteiger partial charge in [-0.25, -0.2) is 4.98 Å². The largest absolute Gasteiger partial charge is 0.272 e. The quantitative estimate of drug-likeness (QED) is 0.247. The van der Waals surface area contributed by atoms with Gasteiger partial charge in [0, 0.05) is 23.2 Å². The molecule has 2 aromatic carbocycles. The van der Waals surface area contributed by atoms with Crippen LogP contribution in [0.2, 0.25) is 0 Å². The lowest BCUT2D eigenvalue weighted by molar-refractivity contribution is 0.783. The summed E-state index contributed by atoms with van der Waals surface area (Å²) in [5.74, 6) is 1.19. The van der Waals surface area contributed by atoms with Crippen LogP contribution >= 0.6 is 23.1 Å². The van der Waals surface area contributed by atoms with E-state index in [9.17, 15) is 4.79 Å². The second-order valence-electron chi connectivity index (χ2n) is 7.32. The molecule has 0 radical (unpaired) electrons. The number of benzene rings is 2. The molecule has 0 unspecified atom stereocenters. The number of thioether (sulfide) groups is 1. The second-order valence-corrected chi connectivity index (χ2v) is 9.12. The number of aryl methyl sites for hydroxylation is 1.